The van der Waals surface area contributed by atoms with E-state index in [1.54, 1.807) is 11.3 Å². The summed E-state index contributed by atoms with van der Waals surface area (Å²) in [7, 11) is 0. The number of guanidine groups is 1. The smallest absolute Gasteiger partial charge is 0.191 e. The number of hydrogen-bond acceptors (Lipinski definition) is 4. The Bertz CT molecular complexity index is 758. The first kappa shape index (κ1) is 19.9. The van der Waals surface area contributed by atoms with Crippen molar-refractivity contribution < 1.29 is 5.11 Å². The van der Waals surface area contributed by atoms with Crippen LogP contribution < -0.4 is 10.6 Å². The molecule has 3 N–H and O–H groups in total. The zero-order chi connectivity index (χ0) is 19.1. The lowest BCUT2D eigenvalue weighted by molar-refractivity contribution is 0.108. The van der Waals surface area contributed by atoms with Gasteiger partial charge in [0.15, 0.2) is 5.96 Å². The number of fused-ring (bicyclic) bond motifs is 1. The number of aliphatic hydroxyl groups is 1. The second-order valence-corrected chi connectivity index (χ2v) is 8.37. The topological polar surface area (TPSA) is 59.9 Å². The molecule has 146 valence electrons. The molecule has 0 bridgehead atoms. The Morgan fingerprint density at radius 3 is 2.78 bits per heavy atom. The molecule has 2 aromatic rings. The molecule has 5 nitrogen and oxygen atoms in total. The molecule has 1 aromatic carbocycles. The number of aliphatic hydroxyl groups excluding tert-OH is 1. The molecule has 1 aromatic heterocycles. The molecule has 6 heteroatoms. The minimum absolute atomic E-state index is 0.428. The highest BCUT2D eigenvalue weighted by atomic mass is 32.1. The molecule has 0 aliphatic carbocycles. The van der Waals surface area contributed by atoms with Gasteiger partial charge in [-0.3, -0.25) is 4.90 Å². The number of hydrogen-bond donors (Lipinski definition) is 3. The van der Waals surface area contributed by atoms with Crippen molar-refractivity contribution in [1.82, 2.24) is 15.5 Å². The molecule has 3 rings (SSSR count). The second kappa shape index (κ2) is 9.88. The minimum Gasteiger partial charge on any atom is -0.390 e. The van der Waals surface area contributed by atoms with E-state index in [1.807, 2.05) is 6.92 Å². The van der Waals surface area contributed by atoms with Crippen molar-refractivity contribution in [3.05, 3.63) is 57.3 Å². The zero-order valence-corrected chi connectivity index (χ0v) is 17.1. The highest BCUT2D eigenvalue weighted by Crippen LogP contribution is 2.18. The lowest BCUT2D eigenvalue weighted by Gasteiger charge is -2.30. The first-order valence-electron chi connectivity index (χ1n) is 9.68. The fraction of sp³-hybridized carbons (Fsp3) is 0.476. The molecule has 1 aliphatic heterocycles. The summed E-state index contributed by atoms with van der Waals surface area (Å²) in [6.07, 6.45) is 0.629. The van der Waals surface area contributed by atoms with Crippen LogP contribution in [0.1, 0.15) is 27.8 Å². The molecule has 1 atom stereocenters. The average Bonchev–Trinajstić information content (AvgIpc) is 3.09. The molecule has 0 radical (unpaired) electrons. The molecule has 2 heterocycles. The number of thiophene rings is 1. The van der Waals surface area contributed by atoms with Crippen molar-refractivity contribution in [2.45, 2.75) is 39.5 Å². The normalized spacial score (nSPS) is 16.0. The van der Waals surface area contributed by atoms with Crippen molar-refractivity contribution in [3.8, 4) is 0 Å². The lowest BCUT2D eigenvalue weighted by Crippen LogP contribution is -2.45. The summed E-state index contributed by atoms with van der Waals surface area (Å²) >= 11 is 1.77. The van der Waals surface area contributed by atoms with Gasteiger partial charge in [-0.1, -0.05) is 24.3 Å². The van der Waals surface area contributed by atoms with Gasteiger partial charge in [0.2, 0.25) is 0 Å². The summed E-state index contributed by atoms with van der Waals surface area (Å²) < 4.78 is 0. The highest BCUT2D eigenvalue weighted by molar-refractivity contribution is 7.11. The third-order valence-electron chi connectivity index (χ3n) is 4.72. The van der Waals surface area contributed by atoms with Crippen LogP contribution in [0.15, 0.2) is 41.4 Å². The SMILES string of the molecule is CCNC(=NCc1ccc(C)s1)NCC(O)CN1CCc2ccccc2C1. The Hall–Kier alpha value is -1.89. The van der Waals surface area contributed by atoms with E-state index in [1.165, 1.54) is 20.9 Å². The van der Waals surface area contributed by atoms with Gasteiger partial charge in [-0.15, -0.1) is 11.3 Å². The van der Waals surface area contributed by atoms with Gasteiger partial charge >= 0.3 is 0 Å². The Morgan fingerprint density at radius 2 is 2.04 bits per heavy atom. The first-order valence-corrected chi connectivity index (χ1v) is 10.5. The Morgan fingerprint density at radius 1 is 1.22 bits per heavy atom. The number of aliphatic imine (C=N–C) groups is 1. The van der Waals surface area contributed by atoms with Crippen molar-refractivity contribution >= 4 is 17.3 Å². The number of nitrogens with one attached hydrogen (secondary N) is 2. The van der Waals surface area contributed by atoms with Crippen molar-refractivity contribution in [1.29, 1.82) is 0 Å². The number of aryl methyl sites for hydroxylation is 1. The second-order valence-electron chi connectivity index (χ2n) is 7.00. The molecule has 0 saturated carbocycles. The van der Waals surface area contributed by atoms with Crippen LogP contribution in [0.2, 0.25) is 0 Å². The van der Waals surface area contributed by atoms with E-state index in [0.717, 1.165) is 32.0 Å². The Balaban J connectivity index is 1.47. The summed E-state index contributed by atoms with van der Waals surface area (Å²) in [4.78, 5) is 9.50. The van der Waals surface area contributed by atoms with Gasteiger partial charge in [0.05, 0.1) is 12.6 Å². The third-order valence-corrected chi connectivity index (χ3v) is 5.70. The van der Waals surface area contributed by atoms with E-state index in [9.17, 15) is 5.11 Å². The van der Waals surface area contributed by atoms with Gasteiger partial charge in [-0.25, -0.2) is 4.99 Å². The van der Waals surface area contributed by atoms with Gasteiger partial charge < -0.3 is 15.7 Å². The number of nitrogens with zero attached hydrogens (tertiary/aromatic N) is 2. The van der Waals surface area contributed by atoms with E-state index in [0.29, 0.717) is 19.6 Å². The van der Waals surface area contributed by atoms with E-state index >= 15 is 0 Å². The standard InChI is InChI=1S/C21H30N4OS/c1-3-22-21(24-13-20-9-8-16(2)27-20)23-12-19(26)15-25-11-10-17-6-4-5-7-18(17)14-25/h4-9,19,26H,3,10-15H2,1-2H3,(H2,22,23,24). The van der Waals surface area contributed by atoms with Crippen molar-refractivity contribution in [2.24, 2.45) is 4.99 Å². The molecule has 0 spiro atoms. The Kier molecular flexibility index (Phi) is 7.26. The largest absolute Gasteiger partial charge is 0.390 e. The average molecular weight is 387 g/mol. The van der Waals surface area contributed by atoms with E-state index < -0.39 is 6.10 Å². The summed E-state index contributed by atoms with van der Waals surface area (Å²) in [5, 5.41) is 17.0. The van der Waals surface area contributed by atoms with Crippen LogP contribution >= 0.6 is 11.3 Å². The van der Waals surface area contributed by atoms with Gasteiger partial charge in [0.25, 0.3) is 0 Å². The molecule has 0 saturated heterocycles. The molecule has 27 heavy (non-hydrogen) atoms. The van der Waals surface area contributed by atoms with Crippen molar-refractivity contribution in [2.75, 3.05) is 26.2 Å². The van der Waals surface area contributed by atoms with Gasteiger partial charge in [-0.05, 0) is 43.5 Å². The van der Waals surface area contributed by atoms with Crippen LogP contribution in [0.3, 0.4) is 0 Å². The quantitative estimate of drug-likeness (QED) is 0.506. The number of rotatable bonds is 7. The fourth-order valence-electron chi connectivity index (χ4n) is 3.36. The number of benzene rings is 1. The van der Waals surface area contributed by atoms with Gasteiger partial charge in [-0.2, -0.15) is 0 Å². The van der Waals surface area contributed by atoms with Crippen LogP contribution in [0.5, 0.6) is 0 Å². The summed E-state index contributed by atoms with van der Waals surface area (Å²) in [5.41, 5.74) is 2.82. The van der Waals surface area contributed by atoms with Crippen LogP contribution in [0, 0.1) is 6.92 Å². The first-order chi connectivity index (χ1) is 13.1. The van der Waals surface area contributed by atoms with Gasteiger partial charge in [0.1, 0.15) is 0 Å². The lowest BCUT2D eigenvalue weighted by atomic mass is 10.00. The predicted octanol–water partition coefficient (Wildman–Crippen LogP) is 2.53. The third kappa shape index (κ3) is 6.06. The van der Waals surface area contributed by atoms with Crippen LogP contribution in [-0.2, 0) is 19.5 Å². The summed E-state index contributed by atoms with van der Waals surface area (Å²) in [6, 6.07) is 12.8. The fourth-order valence-corrected chi connectivity index (χ4v) is 4.17. The molecule has 1 unspecified atom stereocenters. The van der Waals surface area contributed by atoms with Crippen LogP contribution in [0.25, 0.3) is 0 Å². The van der Waals surface area contributed by atoms with Crippen LogP contribution in [0.4, 0.5) is 0 Å². The predicted molar refractivity (Wildman–Crippen MR) is 113 cm³/mol. The number of β-amino-alcohol motifs (C(OH)–C–C–N with tert-alkyl or cyclic N) is 1. The summed E-state index contributed by atoms with van der Waals surface area (Å²) in [5.74, 6) is 0.756. The van der Waals surface area contributed by atoms with E-state index in [-0.39, 0.29) is 0 Å². The monoisotopic (exact) mass is 386 g/mol. The van der Waals surface area contributed by atoms with Crippen molar-refractivity contribution in [3.63, 3.8) is 0 Å². The Labute approximate surface area is 166 Å². The maximum absolute atomic E-state index is 10.5. The highest BCUT2D eigenvalue weighted by Gasteiger charge is 2.18. The maximum Gasteiger partial charge on any atom is 0.191 e. The molecular weight excluding hydrogens is 356 g/mol. The molecule has 0 fully saturated rings. The van der Waals surface area contributed by atoms with E-state index in [4.69, 9.17) is 0 Å². The summed E-state index contributed by atoms with van der Waals surface area (Å²) in [6.45, 7) is 8.70. The van der Waals surface area contributed by atoms with Gasteiger partial charge in [0, 0.05) is 42.5 Å². The molecule has 1 aliphatic rings. The molecular formula is C21H30N4OS. The zero-order valence-electron chi connectivity index (χ0n) is 16.2. The maximum atomic E-state index is 10.5. The minimum atomic E-state index is -0.428. The van der Waals surface area contributed by atoms with E-state index in [2.05, 4.69) is 63.8 Å². The molecule has 0 amide bonds. The van der Waals surface area contributed by atoms with Crippen LogP contribution in [-0.4, -0.2) is 48.2 Å².